The van der Waals surface area contributed by atoms with Gasteiger partial charge in [0.2, 0.25) is 5.75 Å². The molecule has 4 aromatic rings. The third kappa shape index (κ3) is 6.39. The van der Waals surface area contributed by atoms with Gasteiger partial charge in [0.25, 0.3) is 0 Å². The minimum absolute atomic E-state index is 0.285. The zero-order valence-electron chi connectivity index (χ0n) is 25.2. The Balaban J connectivity index is 1.35. The molecule has 2 heterocycles. The summed E-state index contributed by atoms with van der Waals surface area (Å²) in [5, 5.41) is 0. The summed E-state index contributed by atoms with van der Waals surface area (Å²) >= 11 is 0. The first-order chi connectivity index (χ1) is 21.7. The van der Waals surface area contributed by atoms with E-state index in [1.165, 1.54) is 0 Å². The number of fused-ring (bicyclic) bond motifs is 3. The average molecular weight is 599 g/mol. The largest absolute Gasteiger partial charge is 0.493 e. The van der Waals surface area contributed by atoms with Gasteiger partial charge in [-0.05, 0) is 16.7 Å². The van der Waals surface area contributed by atoms with Gasteiger partial charge in [0.05, 0.1) is 53.3 Å². The van der Waals surface area contributed by atoms with Crippen molar-refractivity contribution in [1.29, 1.82) is 0 Å². The average Bonchev–Trinajstić information content (AvgIpc) is 3.44. The number of hydrogen-bond acceptors (Lipinski definition) is 8. The molecular weight excluding hydrogens is 560 g/mol. The summed E-state index contributed by atoms with van der Waals surface area (Å²) in [6.45, 7) is 1.48. The van der Waals surface area contributed by atoms with Gasteiger partial charge in [-0.2, -0.15) is 0 Å². The predicted octanol–water partition coefficient (Wildman–Crippen LogP) is 6.30. The Bertz CT molecular complexity index is 1480. The van der Waals surface area contributed by atoms with Crippen molar-refractivity contribution in [3.63, 3.8) is 0 Å². The van der Waals surface area contributed by atoms with Crippen molar-refractivity contribution in [3.8, 4) is 23.0 Å². The molecule has 2 aliphatic rings. The Kier molecular flexibility index (Phi) is 9.63. The Labute approximate surface area is 258 Å². The van der Waals surface area contributed by atoms with Crippen LogP contribution in [-0.2, 0) is 38.8 Å². The van der Waals surface area contributed by atoms with Crippen molar-refractivity contribution >= 4 is 0 Å². The van der Waals surface area contributed by atoms with Crippen molar-refractivity contribution in [1.82, 2.24) is 0 Å². The summed E-state index contributed by atoms with van der Waals surface area (Å²) in [7, 11) is 4.77. The van der Waals surface area contributed by atoms with E-state index in [2.05, 4.69) is 0 Å². The van der Waals surface area contributed by atoms with Crippen LogP contribution in [0.5, 0.6) is 23.0 Å². The molecule has 0 amide bonds. The molecule has 0 N–H and O–H groups in total. The minimum atomic E-state index is -0.526. The van der Waals surface area contributed by atoms with Gasteiger partial charge in [0, 0.05) is 6.07 Å². The molecule has 5 atom stereocenters. The van der Waals surface area contributed by atoms with Crippen LogP contribution in [0.1, 0.15) is 28.4 Å². The van der Waals surface area contributed by atoms with Crippen molar-refractivity contribution in [3.05, 3.63) is 119 Å². The summed E-state index contributed by atoms with van der Waals surface area (Å²) in [5.41, 5.74) is 3.92. The summed E-state index contributed by atoms with van der Waals surface area (Å²) in [4.78, 5) is 0. The van der Waals surface area contributed by atoms with Crippen LogP contribution in [0.2, 0.25) is 0 Å². The second-order valence-electron chi connectivity index (χ2n) is 10.8. The summed E-state index contributed by atoms with van der Waals surface area (Å²) in [5.74, 6) is 2.07. The predicted molar refractivity (Wildman–Crippen MR) is 164 cm³/mol. The topological polar surface area (TPSA) is 73.8 Å². The van der Waals surface area contributed by atoms with Crippen molar-refractivity contribution in [2.45, 2.75) is 50.3 Å². The lowest BCUT2D eigenvalue weighted by Crippen LogP contribution is -2.57. The van der Waals surface area contributed by atoms with Crippen LogP contribution in [0, 0.1) is 0 Å². The van der Waals surface area contributed by atoms with E-state index in [9.17, 15) is 0 Å². The number of hydrogen-bond donors (Lipinski definition) is 0. The molecule has 0 aliphatic carbocycles. The van der Waals surface area contributed by atoms with Gasteiger partial charge in [-0.15, -0.1) is 0 Å². The van der Waals surface area contributed by atoms with Crippen LogP contribution in [0.25, 0.3) is 0 Å². The molecule has 0 spiro atoms. The van der Waals surface area contributed by atoms with Gasteiger partial charge < -0.3 is 37.9 Å². The van der Waals surface area contributed by atoms with Gasteiger partial charge in [-0.3, -0.25) is 0 Å². The third-order valence-electron chi connectivity index (χ3n) is 7.98. The lowest BCUT2D eigenvalue weighted by molar-refractivity contribution is -0.250. The highest BCUT2D eigenvalue weighted by Gasteiger charge is 2.54. The molecule has 2 aliphatic heterocycles. The van der Waals surface area contributed by atoms with Crippen LogP contribution >= 0.6 is 0 Å². The second-order valence-corrected chi connectivity index (χ2v) is 10.8. The van der Waals surface area contributed by atoms with E-state index in [-0.39, 0.29) is 6.61 Å². The molecule has 44 heavy (non-hydrogen) atoms. The van der Waals surface area contributed by atoms with Crippen molar-refractivity contribution < 1.29 is 37.9 Å². The fourth-order valence-electron chi connectivity index (χ4n) is 5.87. The molecule has 0 unspecified atom stereocenters. The van der Waals surface area contributed by atoms with Gasteiger partial charge in [-0.1, -0.05) is 91.0 Å². The fourth-order valence-corrected chi connectivity index (χ4v) is 5.87. The van der Waals surface area contributed by atoms with E-state index in [0.29, 0.717) is 42.8 Å². The minimum Gasteiger partial charge on any atom is -0.493 e. The number of benzene rings is 4. The van der Waals surface area contributed by atoms with Gasteiger partial charge in [0.1, 0.15) is 30.2 Å². The molecule has 0 bridgehead atoms. The first kappa shape index (κ1) is 30.0. The van der Waals surface area contributed by atoms with E-state index in [4.69, 9.17) is 37.9 Å². The fraction of sp³-hybridized carbons (Fsp3) is 0.333. The number of ether oxygens (including phenoxy) is 8. The molecule has 0 aromatic heterocycles. The van der Waals surface area contributed by atoms with E-state index < -0.39 is 30.5 Å². The Morgan fingerprint density at radius 2 is 1.16 bits per heavy atom. The first-order valence-corrected chi connectivity index (χ1v) is 14.8. The molecule has 230 valence electrons. The van der Waals surface area contributed by atoms with E-state index in [0.717, 1.165) is 22.3 Å². The number of methoxy groups -OCH3 is 3. The Hall–Kier alpha value is -4.08. The van der Waals surface area contributed by atoms with Gasteiger partial charge in [-0.25, -0.2) is 0 Å². The first-order valence-electron chi connectivity index (χ1n) is 14.8. The summed E-state index contributed by atoms with van der Waals surface area (Å²) in [6.07, 6.45) is -2.53. The smallest absolute Gasteiger partial charge is 0.203 e. The SMILES string of the molecule is COc1cc2c(c(OC)c1OC)[C@@H]1O[C@H](COCc3ccccc3)[C@@H](OCc3ccccc3)[C@H](OCc3ccccc3)[C@@H]1O2. The highest BCUT2D eigenvalue weighted by atomic mass is 16.6. The molecule has 4 aromatic carbocycles. The summed E-state index contributed by atoms with van der Waals surface area (Å²) in [6, 6.07) is 32.0. The van der Waals surface area contributed by atoms with Crippen LogP contribution in [0.3, 0.4) is 0 Å². The van der Waals surface area contributed by atoms with Crippen LogP contribution in [0.4, 0.5) is 0 Å². The van der Waals surface area contributed by atoms with Crippen molar-refractivity contribution in [2.24, 2.45) is 0 Å². The van der Waals surface area contributed by atoms with Crippen LogP contribution in [0.15, 0.2) is 97.1 Å². The monoisotopic (exact) mass is 598 g/mol. The van der Waals surface area contributed by atoms with E-state index in [1.54, 1.807) is 21.3 Å². The lowest BCUT2D eigenvalue weighted by atomic mass is 9.91. The number of rotatable bonds is 13. The quantitative estimate of drug-likeness (QED) is 0.178. The highest BCUT2D eigenvalue weighted by molar-refractivity contribution is 5.64. The summed E-state index contributed by atoms with van der Waals surface area (Å²) < 4.78 is 50.3. The van der Waals surface area contributed by atoms with Crippen molar-refractivity contribution in [2.75, 3.05) is 27.9 Å². The van der Waals surface area contributed by atoms with Crippen LogP contribution in [-0.4, -0.2) is 52.4 Å². The zero-order valence-corrected chi connectivity index (χ0v) is 25.2. The normalized spacial score (nSPS) is 22.0. The molecule has 8 heteroatoms. The van der Waals surface area contributed by atoms with Gasteiger partial charge >= 0.3 is 0 Å². The van der Waals surface area contributed by atoms with E-state index in [1.807, 2.05) is 97.1 Å². The molecule has 0 radical (unpaired) electrons. The molecular formula is C36H38O8. The lowest BCUT2D eigenvalue weighted by Gasteiger charge is -2.43. The van der Waals surface area contributed by atoms with Crippen LogP contribution < -0.4 is 18.9 Å². The maximum atomic E-state index is 6.84. The maximum Gasteiger partial charge on any atom is 0.203 e. The van der Waals surface area contributed by atoms with E-state index >= 15 is 0 Å². The molecule has 1 fully saturated rings. The molecule has 1 saturated heterocycles. The molecule has 0 saturated carbocycles. The zero-order chi connectivity index (χ0) is 30.3. The maximum absolute atomic E-state index is 6.84. The second kappa shape index (κ2) is 14.1. The molecule has 6 rings (SSSR count). The highest BCUT2D eigenvalue weighted by Crippen LogP contribution is 2.55. The Morgan fingerprint density at radius 3 is 1.70 bits per heavy atom. The Morgan fingerprint density at radius 1 is 0.614 bits per heavy atom. The standard InChI is InChI=1S/C36H38O8/c1-37-28-19-27-30(33(39-3)31(28)38-2)34-36(43-27)35(42-22-26-17-11-6-12-18-26)32(41-21-25-15-9-5-10-16-25)29(44-34)23-40-20-24-13-7-4-8-14-24/h4-19,29,32,34-36H,20-23H2,1-3H3/t29-,32-,34+,35+,36-/m1/s1. The molecule has 8 nitrogen and oxygen atoms in total. The third-order valence-corrected chi connectivity index (χ3v) is 7.98. The van der Waals surface area contributed by atoms with Gasteiger partial charge in [0.15, 0.2) is 17.6 Å².